The van der Waals surface area contributed by atoms with Gasteiger partial charge in [0.2, 0.25) is 0 Å². The molecule has 8 heteroatoms. The van der Waals surface area contributed by atoms with Gasteiger partial charge >= 0.3 is 12.1 Å². The summed E-state index contributed by atoms with van der Waals surface area (Å²) in [5.41, 5.74) is -0.525. The van der Waals surface area contributed by atoms with Gasteiger partial charge in [-0.15, -0.1) is 0 Å². The van der Waals surface area contributed by atoms with Crippen molar-refractivity contribution in [3.63, 3.8) is 0 Å². The SMILES string of the molecule is O=C(O)CC1(NC(=O)OCc2ccccc2)CCCS(=O)(=O)C1. The Labute approximate surface area is 134 Å². The summed E-state index contributed by atoms with van der Waals surface area (Å²) in [5, 5.41) is 11.5. The van der Waals surface area contributed by atoms with Gasteiger partial charge in [0, 0.05) is 0 Å². The van der Waals surface area contributed by atoms with Crippen molar-refractivity contribution in [2.75, 3.05) is 11.5 Å². The number of rotatable bonds is 5. The molecular formula is C15H19NO6S. The predicted molar refractivity (Wildman–Crippen MR) is 82.6 cm³/mol. The van der Waals surface area contributed by atoms with Crippen LogP contribution < -0.4 is 5.32 Å². The van der Waals surface area contributed by atoms with E-state index in [-0.39, 0.29) is 18.1 Å². The van der Waals surface area contributed by atoms with Crippen LogP contribution in [0, 0.1) is 0 Å². The Morgan fingerprint density at radius 2 is 1.96 bits per heavy atom. The zero-order chi connectivity index (χ0) is 16.9. The van der Waals surface area contributed by atoms with Gasteiger partial charge in [0.1, 0.15) is 6.61 Å². The number of sulfone groups is 1. The maximum Gasteiger partial charge on any atom is 0.407 e. The largest absolute Gasteiger partial charge is 0.481 e. The standard InChI is InChI=1S/C15H19NO6S/c17-13(18)9-15(7-4-8-23(20,21)11-15)16-14(19)22-10-12-5-2-1-3-6-12/h1-3,5-6H,4,7-11H2,(H,16,19)(H,17,18). The molecule has 1 amide bonds. The number of carbonyl (C=O) groups is 2. The lowest BCUT2D eigenvalue weighted by Crippen LogP contribution is -2.56. The monoisotopic (exact) mass is 341 g/mol. The van der Waals surface area contributed by atoms with E-state index in [0.29, 0.717) is 12.8 Å². The molecule has 1 atom stereocenters. The van der Waals surface area contributed by atoms with Crippen molar-refractivity contribution in [1.29, 1.82) is 0 Å². The molecule has 2 rings (SSSR count). The molecule has 0 saturated carbocycles. The minimum Gasteiger partial charge on any atom is -0.481 e. The van der Waals surface area contributed by atoms with Gasteiger partial charge in [-0.25, -0.2) is 13.2 Å². The number of benzene rings is 1. The second kappa shape index (κ2) is 6.99. The number of aliphatic carboxylic acids is 1. The van der Waals surface area contributed by atoms with E-state index in [9.17, 15) is 18.0 Å². The molecule has 1 heterocycles. The summed E-state index contributed by atoms with van der Waals surface area (Å²) in [7, 11) is -3.38. The molecule has 2 N–H and O–H groups in total. The topological polar surface area (TPSA) is 110 Å². The van der Waals surface area contributed by atoms with Crippen molar-refractivity contribution in [2.45, 2.75) is 31.4 Å². The predicted octanol–water partition coefficient (Wildman–Crippen LogP) is 1.33. The zero-order valence-corrected chi connectivity index (χ0v) is 13.3. The molecule has 1 saturated heterocycles. The Morgan fingerprint density at radius 3 is 2.57 bits per heavy atom. The van der Waals surface area contributed by atoms with Gasteiger partial charge < -0.3 is 15.2 Å². The maximum atomic E-state index is 12.0. The van der Waals surface area contributed by atoms with Gasteiger partial charge in [0.15, 0.2) is 9.84 Å². The van der Waals surface area contributed by atoms with Gasteiger partial charge in [-0.05, 0) is 18.4 Å². The molecule has 1 fully saturated rings. The van der Waals surface area contributed by atoms with Gasteiger partial charge in [0.05, 0.1) is 23.5 Å². The van der Waals surface area contributed by atoms with E-state index in [1.807, 2.05) is 6.07 Å². The van der Waals surface area contributed by atoms with E-state index in [2.05, 4.69) is 5.32 Å². The molecule has 1 aromatic carbocycles. The molecule has 23 heavy (non-hydrogen) atoms. The van der Waals surface area contributed by atoms with E-state index in [4.69, 9.17) is 9.84 Å². The number of alkyl carbamates (subject to hydrolysis) is 1. The number of amides is 1. The first-order chi connectivity index (χ1) is 10.8. The number of carboxylic acid groups (broad SMARTS) is 1. The smallest absolute Gasteiger partial charge is 0.407 e. The maximum absolute atomic E-state index is 12.0. The minimum atomic E-state index is -3.38. The lowest BCUT2D eigenvalue weighted by atomic mass is 9.91. The summed E-state index contributed by atoms with van der Waals surface area (Å²) in [5.74, 6) is -1.53. The average molecular weight is 341 g/mol. The highest BCUT2D eigenvalue weighted by Gasteiger charge is 2.42. The van der Waals surface area contributed by atoms with Crippen molar-refractivity contribution >= 4 is 21.9 Å². The molecule has 7 nitrogen and oxygen atoms in total. The molecule has 1 aromatic rings. The van der Waals surface area contributed by atoms with Crippen LogP contribution in [0.4, 0.5) is 4.79 Å². The van der Waals surface area contributed by atoms with Crippen LogP contribution in [-0.4, -0.2) is 42.6 Å². The molecule has 1 aliphatic rings. The number of carbonyl (C=O) groups excluding carboxylic acids is 1. The van der Waals surface area contributed by atoms with Crippen molar-refractivity contribution < 1.29 is 27.9 Å². The Kier molecular flexibility index (Phi) is 5.25. The van der Waals surface area contributed by atoms with Crippen LogP contribution in [0.5, 0.6) is 0 Å². The van der Waals surface area contributed by atoms with E-state index in [0.717, 1.165) is 5.56 Å². The average Bonchev–Trinajstić information content (AvgIpc) is 2.44. The summed E-state index contributed by atoms with van der Waals surface area (Å²) in [6.07, 6.45) is -0.660. The van der Waals surface area contributed by atoms with Crippen LogP contribution in [0.2, 0.25) is 0 Å². The Balaban J connectivity index is 2.02. The summed E-state index contributed by atoms with van der Waals surface area (Å²) in [6.45, 7) is 0.0303. The fourth-order valence-electron chi connectivity index (χ4n) is 2.74. The number of nitrogens with one attached hydrogen (secondary N) is 1. The molecule has 0 spiro atoms. The van der Waals surface area contributed by atoms with Gasteiger partial charge in [-0.1, -0.05) is 30.3 Å². The third-order valence-corrected chi connectivity index (χ3v) is 5.58. The fourth-order valence-corrected chi connectivity index (χ4v) is 4.63. The van der Waals surface area contributed by atoms with E-state index in [1.165, 1.54) is 0 Å². The summed E-state index contributed by atoms with van der Waals surface area (Å²) in [4.78, 5) is 23.0. The highest BCUT2D eigenvalue weighted by molar-refractivity contribution is 7.91. The van der Waals surface area contributed by atoms with Gasteiger partial charge in [-0.3, -0.25) is 4.79 Å². The van der Waals surface area contributed by atoms with Crippen LogP contribution in [-0.2, 0) is 26.0 Å². The van der Waals surface area contributed by atoms with Crippen molar-refractivity contribution in [3.05, 3.63) is 35.9 Å². The van der Waals surface area contributed by atoms with Gasteiger partial charge in [-0.2, -0.15) is 0 Å². The summed E-state index contributed by atoms with van der Waals surface area (Å²) in [6, 6.07) is 9.00. The lowest BCUT2D eigenvalue weighted by Gasteiger charge is -2.35. The Morgan fingerprint density at radius 1 is 1.26 bits per heavy atom. The summed E-state index contributed by atoms with van der Waals surface area (Å²) < 4.78 is 28.7. The second-order valence-corrected chi connectivity index (χ2v) is 7.92. The fraction of sp³-hybridized carbons (Fsp3) is 0.467. The summed E-state index contributed by atoms with van der Waals surface area (Å²) >= 11 is 0. The van der Waals surface area contributed by atoms with Crippen molar-refractivity contribution in [1.82, 2.24) is 5.32 Å². The first kappa shape index (κ1) is 17.3. The number of ether oxygens (including phenoxy) is 1. The van der Waals surface area contributed by atoms with E-state index < -0.39 is 33.9 Å². The molecule has 0 aliphatic carbocycles. The number of hydrogen-bond acceptors (Lipinski definition) is 5. The molecule has 0 bridgehead atoms. The van der Waals surface area contributed by atoms with E-state index >= 15 is 0 Å². The highest BCUT2D eigenvalue weighted by Crippen LogP contribution is 2.26. The first-order valence-corrected chi connectivity index (χ1v) is 9.04. The van der Waals surface area contributed by atoms with Crippen LogP contribution in [0.15, 0.2) is 30.3 Å². The molecule has 1 unspecified atom stereocenters. The van der Waals surface area contributed by atoms with Crippen molar-refractivity contribution in [3.8, 4) is 0 Å². The molecule has 126 valence electrons. The van der Waals surface area contributed by atoms with Gasteiger partial charge in [0.25, 0.3) is 0 Å². The third kappa shape index (κ3) is 5.24. The van der Waals surface area contributed by atoms with Crippen molar-refractivity contribution in [2.24, 2.45) is 0 Å². The highest BCUT2D eigenvalue weighted by atomic mass is 32.2. The van der Waals surface area contributed by atoms with Crippen LogP contribution in [0.1, 0.15) is 24.8 Å². The van der Waals surface area contributed by atoms with Crippen LogP contribution >= 0.6 is 0 Å². The van der Waals surface area contributed by atoms with E-state index in [1.54, 1.807) is 24.3 Å². The molecular weight excluding hydrogens is 322 g/mol. The van der Waals surface area contributed by atoms with Crippen LogP contribution in [0.25, 0.3) is 0 Å². The zero-order valence-electron chi connectivity index (χ0n) is 12.5. The molecule has 0 radical (unpaired) electrons. The number of hydrogen-bond donors (Lipinski definition) is 2. The van der Waals surface area contributed by atoms with Crippen LogP contribution in [0.3, 0.4) is 0 Å². The Bertz CT molecular complexity index is 672. The second-order valence-electron chi connectivity index (χ2n) is 5.73. The molecule has 1 aliphatic heterocycles. The molecule has 0 aromatic heterocycles. The number of carboxylic acids is 1. The lowest BCUT2D eigenvalue weighted by molar-refractivity contribution is -0.138. The minimum absolute atomic E-state index is 0.00904. The quantitative estimate of drug-likeness (QED) is 0.836. The first-order valence-electron chi connectivity index (χ1n) is 7.21. The normalized spacial score (nSPS) is 23.0. The third-order valence-electron chi connectivity index (χ3n) is 3.68. The Hall–Kier alpha value is -2.09.